The maximum atomic E-state index is 11.3. The number of carbonyl (C=O) groups is 1. The van der Waals surface area contributed by atoms with Crippen molar-refractivity contribution in [1.29, 1.82) is 0 Å². The van der Waals surface area contributed by atoms with Crippen LogP contribution in [0.3, 0.4) is 0 Å². The van der Waals surface area contributed by atoms with Gasteiger partial charge in [0.15, 0.2) is 0 Å². The zero-order valence-electron chi connectivity index (χ0n) is 9.27. The second-order valence-electron chi connectivity index (χ2n) is 3.89. The van der Waals surface area contributed by atoms with Crippen molar-refractivity contribution in [2.45, 2.75) is 6.92 Å². The zero-order chi connectivity index (χ0) is 11.8. The van der Waals surface area contributed by atoms with Crippen molar-refractivity contribution in [3.8, 4) is 11.3 Å². The monoisotopic (exact) mass is 290 g/mol. The first-order valence-corrected chi connectivity index (χ1v) is 7.05. The van der Waals surface area contributed by atoms with E-state index < -0.39 is 0 Å². The Morgan fingerprint density at radius 2 is 1.94 bits per heavy atom. The normalized spacial score (nSPS) is 10.9. The summed E-state index contributed by atoms with van der Waals surface area (Å²) in [5, 5.41) is 1.06. The fraction of sp³-hybridized carbons (Fsp3) is 0.0714. The second kappa shape index (κ2) is 4.02. The molecule has 84 valence electrons. The maximum absolute atomic E-state index is 11.3. The summed E-state index contributed by atoms with van der Waals surface area (Å²) in [7, 11) is 0. The number of furan rings is 1. The standard InChI is InChI=1S/C14H10O2Se/c1-9(15)13-8-11-7-12(16-14(11)17-13)10-5-3-2-4-6-10/h2-8H,1H3. The molecular weight excluding hydrogens is 279 g/mol. The van der Waals surface area contributed by atoms with Crippen LogP contribution in [0.5, 0.6) is 0 Å². The van der Waals surface area contributed by atoms with E-state index in [0.717, 1.165) is 25.6 Å². The van der Waals surface area contributed by atoms with Gasteiger partial charge in [-0.05, 0) is 0 Å². The van der Waals surface area contributed by atoms with Crippen LogP contribution in [0.4, 0.5) is 0 Å². The molecule has 3 rings (SSSR count). The van der Waals surface area contributed by atoms with E-state index in [1.807, 2.05) is 42.5 Å². The number of carbonyl (C=O) groups excluding carboxylic acids is 1. The summed E-state index contributed by atoms with van der Waals surface area (Å²) in [6, 6.07) is 14.0. The Bertz CT molecular complexity index is 645. The van der Waals surface area contributed by atoms with Crippen LogP contribution in [0, 0.1) is 0 Å². The van der Waals surface area contributed by atoms with E-state index in [4.69, 9.17) is 4.42 Å². The van der Waals surface area contributed by atoms with Crippen molar-refractivity contribution in [3.05, 3.63) is 46.9 Å². The molecule has 0 radical (unpaired) electrons. The van der Waals surface area contributed by atoms with Gasteiger partial charge in [-0.15, -0.1) is 0 Å². The van der Waals surface area contributed by atoms with Crippen LogP contribution in [0.1, 0.15) is 16.2 Å². The minimum atomic E-state index is 0.0359. The van der Waals surface area contributed by atoms with E-state index in [2.05, 4.69) is 0 Å². The van der Waals surface area contributed by atoms with Gasteiger partial charge in [0.2, 0.25) is 0 Å². The van der Waals surface area contributed by atoms with Crippen molar-refractivity contribution < 1.29 is 9.21 Å². The summed E-state index contributed by atoms with van der Waals surface area (Å²) in [5.74, 6) is 1.04. The van der Waals surface area contributed by atoms with Gasteiger partial charge >= 0.3 is 104 Å². The van der Waals surface area contributed by atoms with Crippen molar-refractivity contribution >= 4 is 30.1 Å². The molecule has 2 heterocycles. The molecule has 0 saturated carbocycles. The summed E-state index contributed by atoms with van der Waals surface area (Å²) < 4.78 is 7.67. The molecule has 3 aromatic rings. The third-order valence-corrected chi connectivity index (χ3v) is 4.99. The first-order valence-electron chi connectivity index (χ1n) is 5.34. The van der Waals surface area contributed by atoms with E-state index in [-0.39, 0.29) is 20.3 Å². The molecule has 0 N–H and O–H groups in total. The zero-order valence-corrected chi connectivity index (χ0v) is 11.0. The summed E-state index contributed by atoms with van der Waals surface area (Å²) in [5.41, 5.74) is 1.08. The van der Waals surface area contributed by atoms with Crippen LogP contribution >= 0.6 is 0 Å². The number of rotatable bonds is 2. The van der Waals surface area contributed by atoms with E-state index in [1.165, 1.54) is 0 Å². The van der Waals surface area contributed by atoms with Crippen LogP contribution in [0.2, 0.25) is 0 Å². The number of hydrogen-bond donors (Lipinski definition) is 0. The van der Waals surface area contributed by atoms with Crippen molar-refractivity contribution in [2.24, 2.45) is 0 Å². The summed E-state index contributed by atoms with van der Waals surface area (Å²) in [6.07, 6.45) is 0. The first-order chi connectivity index (χ1) is 8.24. The molecule has 0 spiro atoms. The van der Waals surface area contributed by atoms with Crippen LogP contribution in [-0.2, 0) is 0 Å². The number of benzene rings is 1. The molecule has 0 unspecified atom stereocenters. The van der Waals surface area contributed by atoms with Crippen LogP contribution < -0.4 is 0 Å². The molecular formula is C14H10O2Se. The van der Waals surface area contributed by atoms with Gasteiger partial charge in [0.1, 0.15) is 0 Å². The van der Waals surface area contributed by atoms with Gasteiger partial charge in [-0.1, -0.05) is 0 Å². The van der Waals surface area contributed by atoms with Crippen LogP contribution in [-0.4, -0.2) is 20.3 Å². The van der Waals surface area contributed by atoms with E-state index in [1.54, 1.807) is 6.92 Å². The van der Waals surface area contributed by atoms with Gasteiger partial charge < -0.3 is 0 Å². The topological polar surface area (TPSA) is 30.2 Å². The molecule has 2 nitrogen and oxygen atoms in total. The molecule has 0 amide bonds. The minimum absolute atomic E-state index is 0.0359. The molecule has 17 heavy (non-hydrogen) atoms. The Morgan fingerprint density at radius 3 is 2.59 bits per heavy atom. The average Bonchev–Trinajstić information content (AvgIpc) is 2.87. The van der Waals surface area contributed by atoms with Crippen molar-refractivity contribution in [3.63, 3.8) is 0 Å². The number of ketones is 1. The number of hydrogen-bond acceptors (Lipinski definition) is 2. The molecule has 0 bridgehead atoms. The van der Waals surface area contributed by atoms with Crippen molar-refractivity contribution in [1.82, 2.24) is 0 Å². The molecule has 0 saturated heterocycles. The molecule has 1 aromatic carbocycles. The second-order valence-corrected chi connectivity index (χ2v) is 6.02. The quantitative estimate of drug-likeness (QED) is 0.535. The van der Waals surface area contributed by atoms with Gasteiger partial charge in [0.25, 0.3) is 0 Å². The van der Waals surface area contributed by atoms with E-state index in [0.29, 0.717) is 0 Å². The molecule has 0 fully saturated rings. The molecule has 0 aliphatic rings. The SMILES string of the molecule is CC(=O)c1cc2cc(-c3ccccc3)oc2[se]1. The third kappa shape index (κ3) is 1.88. The van der Waals surface area contributed by atoms with E-state index >= 15 is 0 Å². The number of fused-ring (bicyclic) bond motifs is 1. The van der Waals surface area contributed by atoms with E-state index in [9.17, 15) is 4.79 Å². The van der Waals surface area contributed by atoms with Crippen LogP contribution in [0.25, 0.3) is 21.2 Å². The summed E-state index contributed by atoms with van der Waals surface area (Å²) in [4.78, 5) is 11.3. The molecule has 0 aliphatic heterocycles. The first kappa shape index (κ1) is 10.6. The molecule has 0 aliphatic carbocycles. The Kier molecular flexibility index (Phi) is 2.50. The predicted molar refractivity (Wildman–Crippen MR) is 68.6 cm³/mol. The van der Waals surface area contributed by atoms with Crippen molar-refractivity contribution in [2.75, 3.05) is 0 Å². The molecule has 3 heteroatoms. The average molecular weight is 289 g/mol. The summed E-state index contributed by atoms with van der Waals surface area (Å²) >= 11 is 0.0359. The Morgan fingerprint density at radius 1 is 1.18 bits per heavy atom. The fourth-order valence-electron chi connectivity index (χ4n) is 1.76. The van der Waals surface area contributed by atoms with Gasteiger partial charge in [-0.3, -0.25) is 0 Å². The van der Waals surface area contributed by atoms with Gasteiger partial charge in [-0.25, -0.2) is 0 Å². The third-order valence-electron chi connectivity index (χ3n) is 2.62. The molecule has 2 aromatic heterocycles. The van der Waals surface area contributed by atoms with Gasteiger partial charge in [0.05, 0.1) is 0 Å². The van der Waals surface area contributed by atoms with Gasteiger partial charge in [-0.2, -0.15) is 0 Å². The summed E-state index contributed by atoms with van der Waals surface area (Å²) in [6.45, 7) is 1.61. The Labute approximate surface area is 105 Å². The Balaban J connectivity index is 2.10. The van der Waals surface area contributed by atoms with Crippen LogP contribution in [0.15, 0.2) is 46.9 Å². The Hall–Kier alpha value is -1.57. The predicted octanol–water partition coefficient (Wildman–Crippen LogP) is 3.36. The van der Waals surface area contributed by atoms with Gasteiger partial charge in [0, 0.05) is 0 Å². The molecule has 0 atom stereocenters. The number of Topliss-reactive ketones (excluding diaryl/α,β-unsaturated/α-hetero) is 1. The fourth-order valence-corrected chi connectivity index (χ4v) is 3.64.